The minimum atomic E-state index is -3.71. The fourth-order valence-corrected chi connectivity index (χ4v) is 2.97. The third-order valence-corrected chi connectivity index (χ3v) is 4.14. The molecule has 0 spiro atoms. The molecule has 6 heteroatoms. The fraction of sp³-hybridized carbons (Fsp3) is 0.0833. The number of aromatic nitrogens is 1. The first-order valence-corrected chi connectivity index (χ1v) is 7.05. The van der Waals surface area contributed by atoms with E-state index in [1.807, 2.05) is 6.92 Å². The molecule has 4 nitrogen and oxygen atoms in total. The monoisotopic (exact) mass is 282 g/mol. The average Bonchev–Trinajstić information content (AvgIpc) is 2.28. The molecular weight excluding hydrogens is 272 g/mol. The Hall–Kier alpha value is -1.59. The van der Waals surface area contributed by atoms with Gasteiger partial charge in [0, 0.05) is 6.20 Å². The fourth-order valence-electron chi connectivity index (χ4n) is 1.45. The molecule has 0 saturated carbocycles. The number of hydrogen-bond donors (Lipinski definition) is 1. The van der Waals surface area contributed by atoms with Gasteiger partial charge in [-0.15, -0.1) is 0 Å². The number of halogens is 1. The number of benzene rings is 1. The van der Waals surface area contributed by atoms with E-state index in [1.54, 1.807) is 30.5 Å². The molecular formula is C12H11ClN2O2S. The molecule has 0 aliphatic carbocycles. The number of pyridine rings is 1. The van der Waals surface area contributed by atoms with E-state index in [2.05, 4.69) is 9.71 Å². The summed E-state index contributed by atoms with van der Waals surface area (Å²) in [6, 6.07) is 9.69. The van der Waals surface area contributed by atoms with Gasteiger partial charge >= 0.3 is 0 Å². The van der Waals surface area contributed by atoms with Crippen molar-refractivity contribution >= 4 is 27.4 Å². The Kier molecular flexibility index (Phi) is 3.54. The highest BCUT2D eigenvalue weighted by Gasteiger charge is 2.17. The summed E-state index contributed by atoms with van der Waals surface area (Å²) in [6.45, 7) is 1.86. The van der Waals surface area contributed by atoms with Gasteiger partial charge < -0.3 is 0 Å². The van der Waals surface area contributed by atoms with Crippen LogP contribution in [0.5, 0.6) is 0 Å². The highest BCUT2D eigenvalue weighted by atomic mass is 35.5. The zero-order chi connectivity index (χ0) is 13.2. The van der Waals surface area contributed by atoms with Crippen molar-refractivity contribution in [2.24, 2.45) is 0 Å². The average molecular weight is 283 g/mol. The summed E-state index contributed by atoms with van der Waals surface area (Å²) in [5.41, 5.74) is 0.918. The summed E-state index contributed by atoms with van der Waals surface area (Å²) >= 11 is 5.87. The number of nitrogens with one attached hydrogen (secondary N) is 1. The van der Waals surface area contributed by atoms with Gasteiger partial charge in [0.25, 0.3) is 10.0 Å². The number of anilines is 1. The zero-order valence-electron chi connectivity index (χ0n) is 9.59. The molecule has 0 saturated heterocycles. The minimum absolute atomic E-state index is 0.0370. The lowest BCUT2D eigenvalue weighted by Gasteiger charge is -2.08. The van der Waals surface area contributed by atoms with Crippen LogP contribution in [0.2, 0.25) is 5.02 Å². The number of sulfonamides is 1. The third-order valence-electron chi connectivity index (χ3n) is 2.28. The highest BCUT2D eigenvalue weighted by Crippen LogP contribution is 2.22. The second kappa shape index (κ2) is 4.96. The van der Waals surface area contributed by atoms with Crippen LogP contribution in [0.3, 0.4) is 0 Å². The maximum Gasteiger partial charge on any atom is 0.264 e. The summed E-state index contributed by atoms with van der Waals surface area (Å²) in [7, 11) is -3.71. The minimum Gasteiger partial charge on any atom is -0.263 e. The van der Waals surface area contributed by atoms with E-state index in [0.29, 0.717) is 0 Å². The van der Waals surface area contributed by atoms with Crippen molar-refractivity contribution in [1.29, 1.82) is 0 Å². The van der Waals surface area contributed by atoms with Crippen LogP contribution in [0, 0.1) is 6.92 Å². The van der Waals surface area contributed by atoms with Crippen LogP contribution in [0.4, 0.5) is 5.82 Å². The standard InChI is InChI=1S/C12H11ClN2O2S/c1-9-6-7-14-12(8-9)15-18(16,17)11-5-3-2-4-10(11)13/h2-8H,1H3,(H,14,15). The Morgan fingerprint density at radius 2 is 1.94 bits per heavy atom. The topological polar surface area (TPSA) is 59.1 Å². The Morgan fingerprint density at radius 3 is 2.61 bits per heavy atom. The van der Waals surface area contributed by atoms with Crippen molar-refractivity contribution in [3.63, 3.8) is 0 Å². The molecule has 0 bridgehead atoms. The summed E-state index contributed by atoms with van der Waals surface area (Å²) in [6.07, 6.45) is 1.54. The highest BCUT2D eigenvalue weighted by molar-refractivity contribution is 7.92. The van der Waals surface area contributed by atoms with Crippen molar-refractivity contribution in [2.75, 3.05) is 4.72 Å². The summed E-state index contributed by atoms with van der Waals surface area (Å²) in [5.74, 6) is 0.273. The van der Waals surface area contributed by atoms with E-state index < -0.39 is 10.0 Å². The molecule has 0 aliphatic heterocycles. The van der Waals surface area contributed by atoms with Crippen LogP contribution >= 0.6 is 11.6 Å². The Balaban J connectivity index is 2.37. The Morgan fingerprint density at radius 1 is 1.22 bits per heavy atom. The Bertz CT molecular complexity index is 671. The van der Waals surface area contributed by atoms with Crippen molar-refractivity contribution in [3.05, 3.63) is 53.2 Å². The van der Waals surface area contributed by atoms with Crippen molar-refractivity contribution < 1.29 is 8.42 Å². The molecule has 1 aromatic carbocycles. The van der Waals surface area contributed by atoms with Crippen LogP contribution in [0.25, 0.3) is 0 Å². The van der Waals surface area contributed by atoms with Gasteiger partial charge in [-0.3, -0.25) is 4.72 Å². The second-order valence-corrected chi connectivity index (χ2v) is 5.81. The van der Waals surface area contributed by atoms with E-state index in [0.717, 1.165) is 5.56 Å². The van der Waals surface area contributed by atoms with Gasteiger partial charge in [-0.05, 0) is 36.8 Å². The quantitative estimate of drug-likeness (QED) is 0.942. The maximum absolute atomic E-state index is 12.1. The van der Waals surface area contributed by atoms with Crippen molar-refractivity contribution in [2.45, 2.75) is 11.8 Å². The predicted octanol–water partition coefficient (Wildman–Crippen LogP) is 2.84. The van der Waals surface area contributed by atoms with Gasteiger partial charge in [-0.25, -0.2) is 13.4 Å². The molecule has 94 valence electrons. The van der Waals surface area contributed by atoms with E-state index in [4.69, 9.17) is 11.6 Å². The first-order valence-electron chi connectivity index (χ1n) is 5.19. The van der Waals surface area contributed by atoms with Crippen molar-refractivity contribution in [3.8, 4) is 0 Å². The van der Waals surface area contributed by atoms with E-state index in [9.17, 15) is 8.42 Å². The van der Waals surface area contributed by atoms with Crippen LogP contribution in [-0.2, 0) is 10.0 Å². The van der Waals surface area contributed by atoms with Gasteiger partial charge in [0.2, 0.25) is 0 Å². The molecule has 0 radical (unpaired) electrons. The maximum atomic E-state index is 12.1. The summed E-state index contributed by atoms with van der Waals surface area (Å²) < 4.78 is 26.6. The first kappa shape index (κ1) is 12.9. The van der Waals surface area contributed by atoms with Gasteiger partial charge in [0.15, 0.2) is 0 Å². The molecule has 1 N–H and O–H groups in total. The summed E-state index contributed by atoms with van der Waals surface area (Å²) in [4.78, 5) is 3.98. The molecule has 2 aromatic rings. The van der Waals surface area contributed by atoms with Crippen LogP contribution in [0.15, 0.2) is 47.5 Å². The molecule has 0 atom stereocenters. The molecule has 18 heavy (non-hydrogen) atoms. The SMILES string of the molecule is Cc1ccnc(NS(=O)(=O)c2ccccc2Cl)c1. The lowest BCUT2D eigenvalue weighted by molar-refractivity contribution is 0.601. The molecule has 2 rings (SSSR count). The van der Waals surface area contributed by atoms with E-state index >= 15 is 0 Å². The molecule has 0 aliphatic rings. The lowest BCUT2D eigenvalue weighted by Crippen LogP contribution is -2.14. The predicted molar refractivity (Wildman–Crippen MR) is 71.2 cm³/mol. The largest absolute Gasteiger partial charge is 0.264 e. The van der Waals surface area contributed by atoms with Crippen LogP contribution in [-0.4, -0.2) is 13.4 Å². The van der Waals surface area contributed by atoms with Gasteiger partial charge in [-0.2, -0.15) is 0 Å². The first-order chi connectivity index (χ1) is 8.49. The van der Waals surface area contributed by atoms with Gasteiger partial charge in [0.05, 0.1) is 5.02 Å². The number of hydrogen-bond acceptors (Lipinski definition) is 3. The lowest BCUT2D eigenvalue weighted by atomic mass is 10.3. The van der Waals surface area contributed by atoms with Gasteiger partial charge in [-0.1, -0.05) is 23.7 Å². The van der Waals surface area contributed by atoms with Crippen LogP contribution in [0.1, 0.15) is 5.56 Å². The number of nitrogens with zero attached hydrogens (tertiary/aromatic N) is 1. The van der Waals surface area contributed by atoms with E-state index in [-0.39, 0.29) is 15.7 Å². The molecule has 1 heterocycles. The molecule has 0 unspecified atom stereocenters. The molecule has 0 amide bonds. The second-order valence-electron chi connectivity index (χ2n) is 3.75. The number of aryl methyl sites for hydroxylation is 1. The van der Waals surface area contributed by atoms with Gasteiger partial charge in [0.1, 0.15) is 10.7 Å². The van der Waals surface area contributed by atoms with Crippen LogP contribution < -0.4 is 4.72 Å². The Labute approximate surface area is 111 Å². The molecule has 1 aromatic heterocycles. The number of rotatable bonds is 3. The third kappa shape index (κ3) is 2.80. The summed E-state index contributed by atoms with van der Waals surface area (Å²) in [5, 5.41) is 0.178. The molecule has 0 fully saturated rings. The van der Waals surface area contributed by atoms with E-state index in [1.165, 1.54) is 12.1 Å². The van der Waals surface area contributed by atoms with Crippen molar-refractivity contribution in [1.82, 2.24) is 4.98 Å². The smallest absolute Gasteiger partial charge is 0.263 e. The zero-order valence-corrected chi connectivity index (χ0v) is 11.2. The normalized spacial score (nSPS) is 11.2.